The number of rotatable bonds is 3. The smallest absolute Gasteiger partial charge is 0.272 e. The van der Waals surface area contributed by atoms with Crippen molar-refractivity contribution in [1.29, 1.82) is 0 Å². The van der Waals surface area contributed by atoms with Gasteiger partial charge in [0.25, 0.3) is 5.91 Å². The predicted molar refractivity (Wildman–Crippen MR) is 91.0 cm³/mol. The molecule has 0 saturated carbocycles. The quantitative estimate of drug-likeness (QED) is 0.790. The lowest BCUT2D eigenvalue weighted by molar-refractivity contribution is 0.0721. The van der Waals surface area contributed by atoms with Crippen LogP contribution in [0, 0.1) is 0 Å². The van der Waals surface area contributed by atoms with Crippen LogP contribution in [0.1, 0.15) is 23.3 Å². The minimum Gasteiger partial charge on any atom is -0.378 e. The van der Waals surface area contributed by atoms with E-state index in [9.17, 15) is 13.2 Å². The fourth-order valence-electron chi connectivity index (χ4n) is 3.19. The second kappa shape index (κ2) is 7.06. The molecule has 0 aliphatic carbocycles. The van der Waals surface area contributed by atoms with E-state index in [4.69, 9.17) is 4.74 Å². The molecule has 0 aromatic carbocycles. The third-order valence-corrected chi connectivity index (χ3v) is 6.21. The number of nitrogens with zero attached hydrogens (tertiary/aromatic N) is 3. The summed E-state index contributed by atoms with van der Waals surface area (Å²) in [5.74, 6) is -0.196. The summed E-state index contributed by atoms with van der Waals surface area (Å²) in [5.41, 5.74) is 1.32. The zero-order valence-corrected chi connectivity index (χ0v) is 14.7. The van der Waals surface area contributed by atoms with Gasteiger partial charge in [-0.15, -0.1) is 0 Å². The minimum absolute atomic E-state index is 0.196. The van der Waals surface area contributed by atoms with E-state index in [0.717, 1.165) is 18.8 Å². The van der Waals surface area contributed by atoms with E-state index in [0.29, 0.717) is 38.3 Å². The molecule has 2 aliphatic rings. The zero-order chi connectivity index (χ0) is 17.2. The summed E-state index contributed by atoms with van der Waals surface area (Å²) >= 11 is 0. The number of pyridine rings is 1. The van der Waals surface area contributed by atoms with Crippen molar-refractivity contribution in [2.24, 2.45) is 0 Å². The number of morpholine rings is 1. The fraction of sp³-hybridized carbons (Fsp3) is 0.625. The Hall–Kier alpha value is -1.67. The molecule has 8 heteroatoms. The van der Waals surface area contributed by atoms with Gasteiger partial charge in [0.15, 0.2) is 9.84 Å². The molecule has 7 nitrogen and oxygen atoms in total. The number of piperidine rings is 1. The van der Waals surface area contributed by atoms with Crippen LogP contribution < -0.4 is 4.90 Å². The van der Waals surface area contributed by atoms with Gasteiger partial charge in [0, 0.05) is 44.3 Å². The Labute approximate surface area is 142 Å². The number of anilines is 1. The molecular formula is C16H23N3O4S. The molecule has 0 N–H and O–H groups in total. The summed E-state index contributed by atoms with van der Waals surface area (Å²) in [7, 11) is -3.14. The lowest BCUT2D eigenvalue weighted by atomic mass is 10.1. The van der Waals surface area contributed by atoms with Crippen LogP contribution in [-0.4, -0.2) is 75.1 Å². The first-order valence-corrected chi connectivity index (χ1v) is 10.2. The Kier molecular flexibility index (Phi) is 5.05. The van der Waals surface area contributed by atoms with Crippen LogP contribution in [0.15, 0.2) is 18.3 Å². The van der Waals surface area contributed by atoms with Crippen molar-refractivity contribution in [2.45, 2.75) is 18.1 Å². The molecule has 3 heterocycles. The average molecular weight is 353 g/mol. The van der Waals surface area contributed by atoms with Gasteiger partial charge in [-0.1, -0.05) is 0 Å². The van der Waals surface area contributed by atoms with Crippen LogP contribution >= 0.6 is 0 Å². The third kappa shape index (κ3) is 3.87. The molecule has 0 spiro atoms. The van der Waals surface area contributed by atoms with Gasteiger partial charge in [-0.25, -0.2) is 8.42 Å². The van der Waals surface area contributed by atoms with Crippen molar-refractivity contribution in [3.63, 3.8) is 0 Å². The van der Waals surface area contributed by atoms with Gasteiger partial charge in [-0.05, 0) is 25.0 Å². The Morgan fingerprint density at radius 1 is 1.29 bits per heavy atom. The molecule has 132 valence electrons. The van der Waals surface area contributed by atoms with Crippen LogP contribution in [0.3, 0.4) is 0 Å². The second-order valence-electron chi connectivity index (χ2n) is 6.34. The van der Waals surface area contributed by atoms with Crippen molar-refractivity contribution >= 4 is 21.4 Å². The zero-order valence-electron chi connectivity index (χ0n) is 13.8. The number of ether oxygens (including phenoxy) is 1. The van der Waals surface area contributed by atoms with Gasteiger partial charge in [-0.2, -0.15) is 0 Å². The molecular weight excluding hydrogens is 330 g/mol. The summed E-state index contributed by atoms with van der Waals surface area (Å²) in [4.78, 5) is 20.7. The van der Waals surface area contributed by atoms with E-state index >= 15 is 0 Å². The van der Waals surface area contributed by atoms with Crippen LogP contribution in [0.4, 0.5) is 5.69 Å². The van der Waals surface area contributed by atoms with E-state index in [1.165, 1.54) is 6.26 Å². The first-order valence-electron chi connectivity index (χ1n) is 8.22. The SMILES string of the molecule is CS(=O)(=O)C1CCCN(C(=O)c2cc(N3CCOCC3)ccn2)C1. The average Bonchev–Trinajstić information content (AvgIpc) is 2.61. The lowest BCUT2D eigenvalue weighted by Crippen LogP contribution is -2.45. The van der Waals surface area contributed by atoms with Gasteiger partial charge in [-0.3, -0.25) is 9.78 Å². The maximum atomic E-state index is 12.7. The number of hydrogen-bond donors (Lipinski definition) is 0. The van der Waals surface area contributed by atoms with Gasteiger partial charge < -0.3 is 14.5 Å². The maximum Gasteiger partial charge on any atom is 0.272 e. The van der Waals surface area contributed by atoms with Crippen molar-refractivity contribution in [2.75, 3.05) is 50.5 Å². The topological polar surface area (TPSA) is 79.8 Å². The molecule has 3 rings (SSSR count). The number of carbonyl (C=O) groups excluding carboxylic acids is 1. The highest BCUT2D eigenvalue weighted by Gasteiger charge is 2.31. The molecule has 1 amide bonds. The molecule has 1 unspecified atom stereocenters. The lowest BCUT2D eigenvalue weighted by Gasteiger charge is -2.32. The van der Waals surface area contributed by atoms with Gasteiger partial charge >= 0.3 is 0 Å². The van der Waals surface area contributed by atoms with Crippen LogP contribution in [0.2, 0.25) is 0 Å². The van der Waals surface area contributed by atoms with E-state index in [1.54, 1.807) is 17.2 Å². The number of hydrogen-bond acceptors (Lipinski definition) is 6. The molecule has 24 heavy (non-hydrogen) atoms. The normalized spacial score (nSPS) is 22.5. The molecule has 1 aromatic heterocycles. The summed E-state index contributed by atoms with van der Waals surface area (Å²) in [6, 6.07) is 3.68. The molecule has 2 aliphatic heterocycles. The summed E-state index contributed by atoms with van der Waals surface area (Å²) in [6.45, 7) is 3.76. The number of aromatic nitrogens is 1. The second-order valence-corrected chi connectivity index (χ2v) is 8.67. The van der Waals surface area contributed by atoms with Gasteiger partial charge in [0.2, 0.25) is 0 Å². The highest BCUT2D eigenvalue weighted by atomic mass is 32.2. The third-order valence-electron chi connectivity index (χ3n) is 4.61. The first-order chi connectivity index (χ1) is 11.4. The molecule has 2 saturated heterocycles. The molecule has 0 radical (unpaired) electrons. The highest BCUT2D eigenvalue weighted by Crippen LogP contribution is 2.20. The van der Waals surface area contributed by atoms with Crippen molar-refractivity contribution in [1.82, 2.24) is 9.88 Å². The highest BCUT2D eigenvalue weighted by molar-refractivity contribution is 7.91. The molecule has 2 fully saturated rings. The number of carbonyl (C=O) groups is 1. The Morgan fingerprint density at radius 3 is 2.75 bits per heavy atom. The standard InChI is InChI=1S/C16H23N3O4S/c1-24(21,22)14-3-2-6-19(12-14)16(20)15-11-13(4-5-17-15)18-7-9-23-10-8-18/h4-5,11,14H,2-3,6-10,12H2,1H3. The van der Waals surface area contributed by atoms with Crippen LogP contribution in [0.25, 0.3) is 0 Å². The number of sulfone groups is 1. The first kappa shape index (κ1) is 17.2. The van der Waals surface area contributed by atoms with Crippen molar-refractivity contribution < 1.29 is 17.9 Å². The van der Waals surface area contributed by atoms with Crippen LogP contribution in [0.5, 0.6) is 0 Å². The fourth-order valence-corrected chi connectivity index (χ4v) is 4.23. The summed E-state index contributed by atoms with van der Waals surface area (Å²) in [6.07, 6.45) is 4.19. The summed E-state index contributed by atoms with van der Waals surface area (Å²) < 4.78 is 28.9. The number of likely N-dealkylation sites (tertiary alicyclic amines) is 1. The van der Waals surface area contributed by atoms with E-state index in [-0.39, 0.29) is 12.5 Å². The number of amides is 1. The van der Waals surface area contributed by atoms with E-state index in [1.807, 2.05) is 6.07 Å². The largest absolute Gasteiger partial charge is 0.378 e. The van der Waals surface area contributed by atoms with E-state index in [2.05, 4.69) is 9.88 Å². The minimum atomic E-state index is -3.14. The Balaban J connectivity index is 1.75. The van der Waals surface area contributed by atoms with E-state index < -0.39 is 15.1 Å². The monoisotopic (exact) mass is 353 g/mol. The Morgan fingerprint density at radius 2 is 2.04 bits per heavy atom. The van der Waals surface area contributed by atoms with Crippen molar-refractivity contribution in [3.05, 3.63) is 24.0 Å². The van der Waals surface area contributed by atoms with Crippen LogP contribution in [-0.2, 0) is 14.6 Å². The summed E-state index contributed by atoms with van der Waals surface area (Å²) in [5, 5.41) is -0.474. The molecule has 1 atom stereocenters. The van der Waals surface area contributed by atoms with Crippen molar-refractivity contribution in [3.8, 4) is 0 Å². The Bertz CT molecular complexity index is 701. The molecule has 0 bridgehead atoms. The van der Waals surface area contributed by atoms with Gasteiger partial charge in [0.05, 0.1) is 18.5 Å². The maximum absolute atomic E-state index is 12.7. The molecule has 1 aromatic rings. The predicted octanol–water partition coefficient (Wildman–Crippen LogP) is 0.567. The van der Waals surface area contributed by atoms with Gasteiger partial charge in [0.1, 0.15) is 5.69 Å².